The van der Waals surface area contributed by atoms with E-state index in [2.05, 4.69) is 4.98 Å². The summed E-state index contributed by atoms with van der Waals surface area (Å²) in [5.74, 6) is 0. The minimum absolute atomic E-state index is 0.127. The number of nitrogens with zero attached hydrogens (tertiary/aromatic N) is 1. The molecule has 0 fully saturated rings. The first-order valence-corrected chi connectivity index (χ1v) is 5.28. The van der Waals surface area contributed by atoms with Crippen LogP contribution in [0, 0.1) is 4.77 Å². The fourth-order valence-electron chi connectivity index (χ4n) is 1.43. The van der Waals surface area contributed by atoms with E-state index in [-0.39, 0.29) is 10.3 Å². The number of alkyl halides is 3. The van der Waals surface area contributed by atoms with Crippen molar-refractivity contribution in [1.29, 1.82) is 0 Å². The lowest BCUT2D eigenvalue weighted by Crippen LogP contribution is -2.10. The quantitative estimate of drug-likeness (QED) is 0.810. The van der Waals surface area contributed by atoms with E-state index in [9.17, 15) is 18.0 Å². The van der Waals surface area contributed by atoms with Crippen molar-refractivity contribution in [2.24, 2.45) is 0 Å². The second-order valence-corrected chi connectivity index (χ2v) is 3.91. The Hall–Kier alpha value is -1.89. The summed E-state index contributed by atoms with van der Waals surface area (Å²) in [7, 11) is 0. The van der Waals surface area contributed by atoms with Crippen molar-refractivity contribution in [3.63, 3.8) is 0 Å². The van der Waals surface area contributed by atoms with Crippen molar-refractivity contribution in [3.8, 4) is 5.69 Å². The molecule has 1 heterocycles. The number of benzene rings is 1. The number of halogens is 3. The molecule has 0 atom stereocenters. The standard InChI is InChI=1S/C11H7F3N2OS/c12-11(13,14)7-1-3-8(4-2-7)16-6-5-9(17)15-10(16)18/h1-6H,(H,15,17,18). The van der Waals surface area contributed by atoms with E-state index in [0.717, 1.165) is 12.1 Å². The Morgan fingerprint density at radius 3 is 2.22 bits per heavy atom. The molecule has 0 saturated carbocycles. The van der Waals surface area contributed by atoms with Gasteiger partial charge in [-0.1, -0.05) is 0 Å². The van der Waals surface area contributed by atoms with Crippen LogP contribution in [0.15, 0.2) is 41.3 Å². The van der Waals surface area contributed by atoms with Gasteiger partial charge in [0.2, 0.25) is 0 Å². The molecule has 2 rings (SSSR count). The Morgan fingerprint density at radius 2 is 1.72 bits per heavy atom. The van der Waals surface area contributed by atoms with E-state index < -0.39 is 11.7 Å². The molecule has 3 nitrogen and oxygen atoms in total. The summed E-state index contributed by atoms with van der Waals surface area (Å²) in [6.07, 6.45) is -2.96. The molecule has 2 aromatic rings. The topological polar surface area (TPSA) is 37.8 Å². The second-order valence-electron chi connectivity index (χ2n) is 3.52. The molecule has 0 radical (unpaired) electrons. The Morgan fingerprint density at radius 1 is 1.11 bits per heavy atom. The highest BCUT2D eigenvalue weighted by atomic mass is 32.1. The number of aromatic nitrogens is 2. The van der Waals surface area contributed by atoms with Crippen LogP contribution >= 0.6 is 12.2 Å². The molecule has 0 bridgehead atoms. The highest BCUT2D eigenvalue weighted by Crippen LogP contribution is 2.29. The van der Waals surface area contributed by atoms with Gasteiger partial charge >= 0.3 is 6.18 Å². The minimum atomic E-state index is -4.37. The van der Waals surface area contributed by atoms with Crippen molar-refractivity contribution < 1.29 is 13.2 Å². The molecule has 0 aliphatic carbocycles. The molecule has 0 aliphatic heterocycles. The summed E-state index contributed by atoms with van der Waals surface area (Å²) in [6.45, 7) is 0. The van der Waals surface area contributed by atoms with Crippen LogP contribution < -0.4 is 5.56 Å². The second kappa shape index (κ2) is 4.41. The molecular formula is C11H7F3N2OS. The fraction of sp³-hybridized carbons (Fsp3) is 0.0909. The normalized spacial score (nSPS) is 11.5. The van der Waals surface area contributed by atoms with Gasteiger partial charge in [0.1, 0.15) is 0 Å². The zero-order valence-corrected chi connectivity index (χ0v) is 9.68. The van der Waals surface area contributed by atoms with Crippen molar-refractivity contribution in [1.82, 2.24) is 9.55 Å². The predicted octanol–water partition coefficient (Wildman–Crippen LogP) is 2.91. The van der Waals surface area contributed by atoms with Gasteiger partial charge in [0, 0.05) is 18.0 Å². The van der Waals surface area contributed by atoms with Crippen molar-refractivity contribution in [2.75, 3.05) is 0 Å². The van der Waals surface area contributed by atoms with E-state index in [1.165, 1.54) is 29.0 Å². The van der Waals surface area contributed by atoms with Gasteiger partial charge < -0.3 is 0 Å². The highest BCUT2D eigenvalue weighted by molar-refractivity contribution is 7.71. The molecule has 1 N–H and O–H groups in total. The highest BCUT2D eigenvalue weighted by Gasteiger charge is 2.29. The van der Waals surface area contributed by atoms with Crippen molar-refractivity contribution in [3.05, 3.63) is 57.2 Å². The zero-order valence-electron chi connectivity index (χ0n) is 8.86. The first kappa shape index (κ1) is 12.6. The summed E-state index contributed by atoms with van der Waals surface area (Å²) in [5.41, 5.74) is -0.644. The lowest BCUT2D eigenvalue weighted by Gasteiger charge is -2.09. The van der Waals surface area contributed by atoms with Crippen LogP contribution in [-0.2, 0) is 6.18 Å². The Bertz CT molecular complexity index is 670. The van der Waals surface area contributed by atoms with Gasteiger partial charge in [-0.05, 0) is 36.5 Å². The van der Waals surface area contributed by atoms with Gasteiger partial charge in [-0.15, -0.1) is 0 Å². The minimum Gasteiger partial charge on any atom is -0.299 e. The Kier molecular flexibility index (Phi) is 3.08. The summed E-state index contributed by atoms with van der Waals surface area (Å²) >= 11 is 4.91. The molecule has 18 heavy (non-hydrogen) atoms. The van der Waals surface area contributed by atoms with Gasteiger partial charge in [0.05, 0.1) is 5.56 Å². The largest absolute Gasteiger partial charge is 0.416 e. The average Bonchev–Trinajstić information content (AvgIpc) is 2.28. The Labute approximate surface area is 105 Å². The van der Waals surface area contributed by atoms with Crippen LogP contribution in [0.2, 0.25) is 0 Å². The van der Waals surface area contributed by atoms with Gasteiger partial charge in [0.15, 0.2) is 4.77 Å². The monoisotopic (exact) mass is 272 g/mol. The van der Waals surface area contributed by atoms with Gasteiger partial charge in [-0.2, -0.15) is 13.2 Å². The van der Waals surface area contributed by atoms with E-state index in [1.807, 2.05) is 0 Å². The molecule has 94 valence electrons. The third kappa shape index (κ3) is 2.51. The number of aromatic amines is 1. The van der Waals surface area contributed by atoms with Gasteiger partial charge in [0.25, 0.3) is 5.56 Å². The molecule has 0 unspecified atom stereocenters. The molecule has 0 saturated heterocycles. The van der Waals surface area contributed by atoms with Gasteiger partial charge in [-0.25, -0.2) is 0 Å². The van der Waals surface area contributed by atoms with Crippen LogP contribution in [0.25, 0.3) is 5.69 Å². The molecule has 0 amide bonds. The summed E-state index contributed by atoms with van der Waals surface area (Å²) in [5, 5.41) is 0. The Balaban J connectivity index is 2.47. The maximum absolute atomic E-state index is 12.4. The lowest BCUT2D eigenvalue weighted by atomic mass is 10.2. The number of rotatable bonds is 1. The number of hydrogen-bond acceptors (Lipinski definition) is 2. The summed E-state index contributed by atoms with van der Waals surface area (Å²) < 4.78 is 38.7. The third-order valence-corrected chi connectivity index (χ3v) is 2.60. The van der Waals surface area contributed by atoms with Crippen LogP contribution in [0.5, 0.6) is 0 Å². The first-order valence-electron chi connectivity index (χ1n) is 4.87. The molecule has 1 aromatic carbocycles. The van der Waals surface area contributed by atoms with E-state index in [0.29, 0.717) is 5.69 Å². The van der Waals surface area contributed by atoms with E-state index >= 15 is 0 Å². The molecular weight excluding hydrogens is 265 g/mol. The fourth-order valence-corrected chi connectivity index (χ4v) is 1.70. The van der Waals surface area contributed by atoms with Crippen LogP contribution in [-0.4, -0.2) is 9.55 Å². The summed E-state index contributed by atoms with van der Waals surface area (Å²) in [4.78, 5) is 13.4. The average molecular weight is 272 g/mol. The van der Waals surface area contributed by atoms with Crippen molar-refractivity contribution >= 4 is 12.2 Å². The van der Waals surface area contributed by atoms with E-state index in [1.54, 1.807) is 0 Å². The smallest absolute Gasteiger partial charge is 0.299 e. The number of H-pyrrole nitrogens is 1. The SMILES string of the molecule is O=c1ccn(-c2ccc(C(F)(F)F)cc2)c(=S)[nH]1. The van der Waals surface area contributed by atoms with Gasteiger partial charge in [-0.3, -0.25) is 14.3 Å². The number of nitrogens with one attached hydrogen (secondary N) is 1. The summed E-state index contributed by atoms with van der Waals surface area (Å²) in [6, 6.07) is 5.74. The maximum Gasteiger partial charge on any atom is 0.416 e. The third-order valence-electron chi connectivity index (χ3n) is 2.30. The first-order chi connectivity index (χ1) is 8.38. The lowest BCUT2D eigenvalue weighted by molar-refractivity contribution is -0.137. The molecule has 1 aromatic heterocycles. The van der Waals surface area contributed by atoms with Crippen LogP contribution in [0.3, 0.4) is 0 Å². The van der Waals surface area contributed by atoms with Crippen molar-refractivity contribution in [2.45, 2.75) is 6.18 Å². The molecule has 0 spiro atoms. The number of hydrogen-bond donors (Lipinski definition) is 1. The molecule has 0 aliphatic rings. The van der Waals surface area contributed by atoms with Crippen LogP contribution in [0.4, 0.5) is 13.2 Å². The molecule has 7 heteroatoms. The predicted molar refractivity (Wildman–Crippen MR) is 62.2 cm³/mol. The maximum atomic E-state index is 12.4. The van der Waals surface area contributed by atoms with Crippen LogP contribution in [0.1, 0.15) is 5.56 Å². The zero-order chi connectivity index (χ0) is 13.3. The van der Waals surface area contributed by atoms with E-state index in [4.69, 9.17) is 12.2 Å².